The van der Waals surface area contributed by atoms with Crippen molar-refractivity contribution in [1.29, 1.82) is 0 Å². The molecule has 124 valence electrons. The summed E-state index contributed by atoms with van der Waals surface area (Å²) in [6.45, 7) is 1.24. The predicted molar refractivity (Wildman–Crippen MR) is 86.6 cm³/mol. The van der Waals surface area contributed by atoms with Crippen molar-refractivity contribution in [3.05, 3.63) is 23.8 Å². The van der Waals surface area contributed by atoms with Crippen LogP contribution in [0.1, 0.15) is 18.4 Å². The average molecular weight is 336 g/mol. The van der Waals surface area contributed by atoms with Gasteiger partial charge in [-0.3, -0.25) is 9.69 Å². The van der Waals surface area contributed by atoms with Crippen LogP contribution in [-0.2, 0) is 16.1 Å². The predicted octanol–water partition coefficient (Wildman–Crippen LogP) is 2.02. The Morgan fingerprint density at radius 1 is 1.35 bits per heavy atom. The average Bonchev–Trinajstić information content (AvgIpc) is 2.79. The number of thioether (sulfide) groups is 1. The normalized spacial score (nSPS) is 20.0. The molecule has 2 aliphatic heterocycles. The molecule has 23 heavy (non-hydrogen) atoms. The van der Waals surface area contributed by atoms with Crippen molar-refractivity contribution in [1.82, 2.24) is 10.2 Å². The van der Waals surface area contributed by atoms with Gasteiger partial charge in [0.25, 0.3) is 5.91 Å². The third-order valence-corrected chi connectivity index (χ3v) is 5.16. The highest BCUT2D eigenvalue weighted by Gasteiger charge is 2.51. The zero-order valence-corrected chi connectivity index (χ0v) is 14.1. The van der Waals surface area contributed by atoms with Crippen LogP contribution in [0.5, 0.6) is 5.75 Å². The second-order valence-electron chi connectivity index (χ2n) is 5.71. The summed E-state index contributed by atoms with van der Waals surface area (Å²) in [5.41, 5.74) is 0.0887. The maximum atomic E-state index is 12.7. The van der Waals surface area contributed by atoms with E-state index in [0.29, 0.717) is 26.1 Å². The lowest BCUT2D eigenvalue weighted by molar-refractivity contribution is -0.134. The van der Waals surface area contributed by atoms with Crippen molar-refractivity contribution in [3.8, 4) is 5.75 Å². The summed E-state index contributed by atoms with van der Waals surface area (Å²) in [5.74, 6) is 0.599. The molecule has 6 nitrogen and oxygen atoms in total. The molecule has 0 atom stereocenters. The van der Waals surface area contributed by atoms with E-state index in [2.05, 4.69) is 5.32 Å². The molecule has 3 rings (SSSR count). The quantitative estimate of drug-likeness (QED) is 0.673. The smallest absolute Gasteiger partial charge is 0.325 e. The molecule has 0 aliphatic carbocycles. The van der Waals surface area contributed by atoms with Crippen LogP contribution in [0.2, 0.25) is 0 Å². The number of rotatable bonds is 4. The summed E-state index contributed by atoms with van der Waals surface area (Å²) >= 11 is 1.59. The second kappa shape index (κ2) is 6.41. The Balaban J connectivity index is 1.80. The van der Waals surface area contributed by atoms with E-state index in [1.807, 2.05) is 24.5 Å². The molecule has 0 radical (unpaired) electrons. The summed E-state index contributed by atoms with van der Waals surface area (Å²) < 4.78 is 10.7. The van der Waals surface area contributed by atoms with E-state index in [0.717, 1.165) is 16.2 Å². The number of carbonyl (C=O) groups excluding carboxylic acids is 2. The van der Waals surface area contributed by atoms with Gasteiger partial charge in [-0.2, -0.15) is 0 Å². The molecule has 7 heteroatoms. The number of nitrogens with zero attached hydrogens (tertiary/aromatic N) is 1. The second-order valence-corrected chi connectivity index (χ2v) is 6.55. The number of methoxy groups -OCH3 is 1. The Labute approximate surface area is 139 Å². The number of urea groups is 1. The van der Waals surface area contributed by atoms with Crippen LogP contribution < -0.4 is 10.1 Å². The topological polar surface area (TPSA) is 67.9 Å². The molecule has 0 bridgehead atoms. The first-order valence-corrected chi connectivity index (χ1v) is 8.75. The Kier molecular flexibility index (Phi) is 4.50. The van der Waals surface area contributed by atoms with Crippen molar-refractivity contribution in [2.45, 2.75) is 29.8 Å². The van der Waals surface area contributed by atoms with E-state index in [1.54, 1.807) is 18.9 Å². The number of hydrogen-bond acceptors (Lipinski definition) is 5. The van der Waals surface area contributed by atoms with Crippen molar-refractivity contribution in [2.24, 2.45) is 0 Å². The van der Waals surface area contributed by atoms with Gasteiger partial charge in [-0.25, -0.2) is 4.79 Å². The minimum atomic E-state index is -0.779. The maximum Gasteiger partial charge on any atom is 0.325 e. The summed E-state index contributed by atoms with van der Waals surface area (Å²) in [5, 5.41) is 2.86. The van der Waals surface area contributed by atoms with E-state index in [4.69, 9.17) is 9.47 Å². The molecule has 3 amide bonds. The number of benzene rings is 1. The van der Waals surface area contributed by atoms with Gasteiger partial charge in [-0.1, -0.05) is 6.07 Å². The minimum absolute atomic E-state index is 0.154. The first-order valence-electron chi connectivity index (χ1n) is 7.52. The minimum Gasteiger partial charge on any atom is -0.496 e. The van der Waals surface area contributed by atoms with E-state index in [9.17, 15) is 9.59 Å². The van der Waals surface area contributed by atoms with Crippen LogP contribution in [0.4, 0.5) is 4.79 Å². The van der Waals surface area contributed by atoms with Gasteiger partial charge in [-0.15, -0.1) is 11.8 Å². The zero-order chi connectivity index (χ0) is 16.4. The molecule has 0 unspecified atom stereocenters. The maximum absolute atomic E-state index is 12.7. The fourth-order valence-corrected chi connectivity index (χ4v) is 3.59. The van der Waals surface area contributed by atoms with Gasteiger partial charge in [-0.05, 0) is 24.0 Å². The molecule has 2 fully saturated rings. The van der Waals surface area contributed by atoms with Gasteiger partial charge in [0.2, 0.25) is 0 Å². The van der Waals surface area contributed by atoms with E-state index in [-0.39, 0.29) is 18.5 Å². The number of carbonyl (C=O) groups is 2. The van der Waals surface area contributed by atoms with Gasteiger partial charge in [0.15, 0.2) is 0 Å². The van der Waals surface area contributed by atoms with Crippen molar-refractivity contribution < 1.29 is 19.1 Å². The Morgan fingerprint density at radius 2 is 2.09 bits per heavy atom. The summed E-state index contributed by atoms with van der Waals surface area (Å²) in [4.78, 5) is 27.3. The zero-order valence-electron chi connectivity index (χ0n) is 13.3. The van der Waals surface area contributed by atoms with Crippen molar-refractivity contribution >= 4 is 23.7 Å². The van der Waals surface area contributed by atoms with Crippen molar-refractivity contribution in [2.75, 3.05) is 26.6 Å². The Morgan fingerprint density at radius 3 is 2.74 bits per heavy atom. The van der Waals surface area contributed by atoms with Crippen molar-refractivity contribution in [3.63, 3.8) is 0 Å². The molecule has 0 saturated carbocycles. The molecule has 2 aliphatic rings. The molecule has 2 saturated heterocycles. The number of hydrogen-bond donors (Lipinski definition) is 1. The molecule has 1 aromatic rings. The lowest BCUT2D eigenvalue weighted by atomic mass is 9.90. The highest BCUT2D eigenvalue weighted by atomic mass is 32.2. The van der Waals surface area contributed by atoms with Crippen LogP contribution in [0.3, 0.4) is 0 Å². The Hall–Kier alpha value is -1.73. The van der Waals surface area contributed by atoms with Crippen LogP contribution >= 0.6 is 11.8 Å². The van der Waals surface area contributed by atoms with Crippen LogP contribution in [0, 0.1) is 0 Å². The highest BCUT2D eigenvalue weighted by molar-refractivity contribution is 7.98. The fourth-order valence-electron chi connectivity index (χ4n) is 3.04. The lowest BCUT2D eigenvalue weighted by Crippen LogP contribution is -2.51. The molecule has 0 aromatic heterocycles. The first-order chi connectivity index (χ1) is 11.1. The number of amides is 3. The van der Waals surface area contributed by atoms with Gasteiger partial charge in [0, 0.05) is 31.0 Å². The number of ether oxygens (including phenoxy) is 2. The SMILES string of the molecule is COc1cc(CN2C(=O)NC3(CCOCC3)C2=O)ccc1SC. The third kappa shape index (κ3) is 2.90. The summed E-state index contributed by atoms with van der Waals surface area (Å²) in [6.07, 6.45) is 3.04. The molecular formula is C16H20N2O4S. The van der Waals surface area contributed by atoms with E-state index < -0.39 is 5.54 Å². The van der Waals surface area contributed by atoms with Crippen LogP contribution in [-0.4, -0.2) is 49.0 Å². The standard InChI is InChI=1S/C16H20N2O4S/c1-21-12-9-11(3-4-13(12)23-2)10-18-14(19)16(17-15(18)20)5-7-22-8-6-16/h3-4,9H,5-8,10H2,1-2H3,(H,17,20). The van der Waals surface area contributed by atoms with Gasteiger partial charge in [0.1, 0.15) is 11.3 Å². The first kappa shape index (κ1) is 16.1. The third-order valence-electron chi connectivity index (χ3n) is 4.38. The van der Waals surface area contributed by atoms with E-state index in [1.165, 1.54) is 4.90 Å². The monoisotopic (exact) mass is 336 g/mol. The van der Waals surface area contributed by atoms with Gasteiger partial charge >= 0.3 is 6.03 Å². The highest BCUT2D eigenvalue weighted by Crippen LogP contribution is 2.32. The van der Waals surface area contributed by atoms with E-state index >= 15 is 0 Å². The largest absolute Gasteiger partial charge is 0.496 e. The molecular weight excluding hydrogens is 316 g/mol. The van der Waals surface area contributed by atoms with Gasteiger partial charge < -0.3 is 14.8 Å². The Bertz CT molecular complexity index is 629. The fraction of sp³-hybridized carbons (Fsp3) is 0.500. The molecule has 1 N–H and O–H groups in total. The molecule has 1 aromatic carbocycles. The molecule has 1 spiro atoms. The number of nitrogens with one attached hydrogen (secondary N) is 1. The lowest BCUT2D eigenvalue weighted by Gasteiger charge is -2.30. The van der Waals surface area contributed by atoms with Crippen LogP contribution in [0.15, 0.2) is 23.1 Å². The summed E-state index contributed by atoms with van der Waals surface area (Å²) in [6, 6.07) is 5.41. The number of imide groups is 1. The molecule has 2 heterocycles. The van der Waals surface area contributed by atoms with Gasteiger partial charge in [0.05, 0.1) is 13.7 Å². The van der Waals surface area contributed by atoms with Crippen LogP contribution in [0.25, 0.3) is 0 Å². The summed E-state index contributed by atoms with van der Waals surface area (Å²) in [7, 11) is 1.61.